The van der Waals surface area contributed by atoms with Gasteiger partial charge in [0, 0.05) is 5.92 Å². The third-order valence-electron chi connectivity index (χ3n) is 5.74. The number of aliphatic hydroxyl groups excluding tert-OH is 1. The Balaban J connectivity index is 1.43. The largest absolute Gasteiger partial charge is 0.394 e. The van der Waals surface area contributed by atoms with Gasteiger partial charge >= 0.3 is 0 Å². The molecule has 3 aliphatic carbocycles. The summed E-state index contributed by atoms with van der Waals surface area (Å²) in [6.07, 6.45) is 4.02. The van der Waals surface area contributed by atoms with Gasteiger partial charge in [-0.25, -0.2) is 0 Å². The van der Waals surface area contributed by atoms with E-state index in [9.17, 15) is 9.90 Å². The van der Waals surface area contributed by atoms with Crippen LogP contribution in [0.15, 0.2) is 30.3 Å². The molecule has 1 amide bonds. The minimum absolute atomic E-state index is 0.0370. The molecule has 1 aromatic carbocycles. The van der Waals surface area contributed by atoms with Crippen molar-refractivity contribution in [3.8, 4) is 0 Å². The molecule has 3 saturated carbocycles. The molecule has 5 atom stereocenters. The minimum Gasteiger partial charge on any atom is -0.394 e. The van der Waals surface area contributed by atoms with Gasteiger partial charge in [-0.2, -0.15) is 0 Å². The smallest absolute Gasteiger partial charge is 0.224 e. The van der Waals surface area contributed by atoms with E-state index in [2.05, 4.69) is 5.32 Å². The predicted octanol–water partition coefficient (Wildman–Crippen LogP) is 2.13. The lowest BCUT2D eigenvalue weighted by Gasteiger charge is -2.18. The number of benzene rings is 1. The molecule has 3 aliphatic rings. The summed E-state index contributed by atoms with van der Waals surface area (Å²) in [7, 11) is 0. The first kappa shape index (κ1) is 12.4. The molecule has 0 aromatic heterocycles. The van der Waals surface area contributed by atoms with Crippen LogP contribution in [0.25, 0.3) is 0 Å². The van der Waals surface area contributed by atoms with Crippen LogP contribution in [-0.2, 0) is 4.79 Å². The Morgan fingerprint density at radius 2 is 1.85 bits per heavy atom. The van der Waals surface area contributed by atoms with Gasteiger partial charge < -0.3 is 10.4 Å². The molecule has 0 spiro atoms. The van der Waals surface area contributed by atoms with Crippen molar-refractivity contribution >= 4 is 5.91 Å². The van der Waals surface area contributed by atoms with E-state index >= 15 is 0 Å². The quantitative estimate of drug-likeness (QED) is 0.881. The molecule has 0 saturated heterocycles. The second kappa shape index (κ2) is 4.59. The summed E-state index contributed by atoms with van der Waals surface area (Å²) in [4.78, 5) is 12.5. The van der Waals surface area contributed by atoms with Crippen LogP contribution in [0.3, 0.4) is 0 Å². The fraction of sp³-hybridized carbons (Fsp3) is 0.588. The molecular weight excluding hydrogens is 250 g/mol. The highest BCUT2D eigenvalue weighted by atomic mass is 16.3. The maximum Gasteiger partial charge on any atom is 0.224 e. The van der Waals surface area contributed by atoms with Crippen LogP contribution in [0.1, 0.15) is 30.9 Å². The number of rotatable bonds is 4. The summed E-state index contributed by atoms with van der Waals surface area (Å²) in [5.74, 6) is 3.33. The number of nitrogens with one attached hydrogen (secondary N) is 1. The van der Waals surface area contributed by atoms with Gasteiger partial charge in [0.15, 0.2) is 0 Å². The summed E-state index contributed by atoms with van der Waals surface area (Å²) in [5.41, 5.74) is 0.983. The lowest BCUT2D eigenvalue weighted by molar-refractivity contribution is -0.124. The Morgan fingerprint density at radius 1 is 1.20 bits per heavy atom. The van der Waals surface area contributed by atoms with Crippen LogP contribution in [0.5, 0.6) is 0 Å². The zero-order chi connectivity index (χ0) is 13.7. The first-order valence-corrected chi connectivity index (χ1v) is 7.75. The van der Waals surface area contributed by atoms with Crippen molar-refractivity contribution in [1.29, 1.82) is 0 Å². The fourth-order valence-corrected chi connectivity index (χ4v) is 4.86. The molecule has 0 aliphatic heterocycles. The van der Waals surface area contributed by atoms with Gasteiger partial charge in [-0.15, -0.1) is 0 Å². The SMILES string of the molecule is O=C(NC(CO)c1ccccc1)C1C2C3CCC(C3)C12. The van der Waals surface area contributed by atoms with Crippen molar-refractivity contribution in [3.63, 3.8) is 0 Å². The van der Waals surface area contributed by atoms with Crippen molar-refractivity contribution in [2.75, 3.05) is 6.61 Å². The molecule has 106 valence electrons. The van der Waals surface area contributed by atoms with Gasteiger partial charge in [-0.1, -0.05) is 30.3 Å². The molecule has 20 heavy (non-hydrogen) atoms. The lowest BCUT2D eigenvalue weighted by Crippen LogP contribution is -2.33. The van der Waals surface area contributed by atoms with E-state index in [1.807, 2.05) is 30.3 Å². The first-order valence-electron chi connectivity index (χ1n) is 7.75. The number of fused-ring (bicyclic) bond motifs is 5. The summed E-state index contributed by atoms with van der Waals surface area (Å²) >= 11 is 0. The molecule has 3 heteroatoms. The van der Waals surface area contributed by atoms with E-state index in [0.717, 1.165) is 17.4 Å². The number of carbonyl (C=O) groups is 1. The van der Waals surface area contributed by atoms with Gasteiger partial charge in [0.1, 0.15) is 0 Å². The average Bonchev–Trinajstić information content (AvgIpc) is 2.94. The fourth-order valence-electron chi connectivity index (χ4n) is 4.86. The highest BCUT2D eigenvalue weighted by Gasteiger charge is 2.67. The molecular formula is C17H21NO2. The van der Waals surface area contributed by atoms with E-state index in [0.29, 0.717) is 11.8 Å². The molecule has 4 rings (SSSR count). The van der Waals surface area contributed by atoms with Crippen LogP contribution in [0.4, 0.5) is 0 Å². The number of amides is 1. The van der Waals surface area contributed by atoms with E-state index in [-0.39, 0.29) is 24.5 Å². The standard InChI is InChI=1S/C17H21NO2/c19-9-13(10-4-2-1-3-5-10)18-17(20)16-14-11-6-7-12(8-11)15(14)16/h1-5,11-16,19H,6-9H2,(H,18,20). The maximum absolute atomic E-state index is 12.5. The second-order valence-electron chi connectivity index (χ2n) is 6.67. The predicted molar refractivity (Wildman–Crippen MR) is 75.7 cm³/mol. The second-order valence-corrected chi connectivity index (χ2v) is 6.67. The van der Waals surface area contributed by atoms with Crippen LogP contribution >= 0.6 is 0 Å². The highest BCUT2D eigenvalue weighted by Crippen LogP contribution is 2.69. The monoisotopic (exact) mass is 271 g/mol. The highest BCUT2D eigenvalue weighted by molar-refractivity contribution is 5.83. The van der Waals surface area contributed by atoms with Crippen molar-refractivity contribution in [2.24, 2.45) is 29.6 Å². The van der Waals surface area contributed by atoms with Gasteiger partial charge in [0.2, 0.25) is 5.91 Å². The molecule has 0 radical (unpaired) electrons. The van der Waals surface area contributed by atoms with Crippen LogP contribution in [-0.4, -0.2) is 17.6 Å². The maximum atomic E-state index is 12.5. The Hall–Kier alpha value is -1.35. The Bertz CT molecular complexity index is 499. The lowest BCUT2D eigenvalue weighted by atomic mass is 10.0. The molecule has 3 fully saturated rings. The summed E-state index contributed by atoms with van der Waals surface area (Å²) < 4.78 is 0. The van der Waals surface area contributed by atoms with Crippen LogP contribution in [0.2, 0.25) is 0 Å². The molecule has 0 heterocycles. The Labute approximate surface area is 119 Å². The third kappa shape index (κ3) is 1.80. The van der Waals surface area contributed by atoms with Crippen LogP contribution < -0.4 is 5.32 Å². The van der Waals surface area contributed by atoms with Gasteiger partial charge in [-0.3, -0.25) is 4.79 Å². The van der Waals surface area contributed by atoms with Crippen molar-refractivity contribution < 1.29 is 9.90 Å². The molecule has 2 bridgehead atoms. The summed E-state index contributed by atoms with van der Waals surface area (Å²) in [6.45, 7) is -0.0370. The summed E-state index contributed by atoms with van der Waals surface area (Å²) in [6, 6.07) is 9.48. The van der Waals surface area contributed by atoms with Crippen LogP contribution in [0, 0.1) is 29.6 Å². The van der Waals surface area contributed by atoms with Gasteiger partial charge in [0.25, 0.3) is 0 Å². The molecule has 3 nitrogen and oxygen atoms in total. The first-order chi connectivity index (χ1) is 9.79. The molecule has 2 N–H and O–H groups in total. The van der Waals surface area contributed by atoms with Crippen molar-refractivity contribution in [1.82, 2.24) is 5.32 Å². The molecule has 5 unspecified atom stereocenters. The summed E-state index contributed by atoms with van der Waals surface area (Å²) in [5, 5.41) is 12.6. The number of carbonyl (C=O) groups excluding carboxylic acids is 1. The number of hydrogen-bond donors (Lipinski definition) is 2. The third-order valence-corrected chi connectivity index (χ3v) is 5.74. The Morgan fingerprint density at radius 3 is 2.45 bits per heavy atom. The Kier molecular flexibility index (Phi) is 2.84. The van der Waals surface area contributed by atoms with E-state index in [4.69, 9.17) is 0 Å². The number of aliphatic hydroxyl groups is 1. The normalized spacial score (nSPS) is 38.4. The van der Waals surface area contributed by atoms with E-state index in [1.54, 1.807) is 0 Å². The van der Waals surface area contributed by atoms with Gasteiger partial charge in [-0.05, 0) is 48.5 Å². The molecule has 1 aromatic rings. The number of hydrogen-bond acceptors (Lipinski definition) is 2. The van der Waals surface area contributed by atoms with Crippen molar-refractivity contribution in [3.05, 3.63) is 35.9 Å². The zero-order valence-corrected chi connectivity index (χ0v) is 11.5. The van der Waals surface area contributed by atoms with E-state index in [1.165, 1.54) is 19.3 Å². The van der Waals surface area contributed by atoms with Gasteiger partial charge in [0.05, 0.1) is 12.6 Å². The topological polar surface area (TPSA) is 49.3 Å². The van der Waals surface area contributed by atoms with Crippen molar-refractivity contribution in [2.45, 2.75) is 25.3 Å². The minimum atomic E-state index is -0.261. The average molecular weight is 271 g/mol. The zero-order valence-electron chi connectivity index (χ0n) is 11.5. The van der Waals surface area contributed by atoms with E-state index < -0.39 is 0 Å².